The highest BCUT2D eigenvalue weighted by Crippen LogP contribution is 2.29. The minimum absolute atomic E-state index is 0.00175. The monoisotopic (exact) mass is 348 g/mol. The molecule has 2 aromatic carbocycles. The molecule has 7 heteroatoms. The normalized spacial score (nSPS) is 10.4. The molecule has 0 radical (unpaired) electrons. The summed E-state index contributed by atoms with van der Waals surface area (Å²) in [5.41, 5.74) is 0.0424. The van der Waals surface area contributed by atoms with E-state index in [0.717, 1.165) is 12.1 Å². The molecule has 0 aliphatic carbocycles. The fourth-order valence-corrected chi connectivity index (χ4v) is 1.89. The molecule has 0 fully saturated rings. The molecular weight excluding hydrogens is 333 g/mol. The molecule has 2 rings (SSSR count). The first kappa shape index (κ1) is 18.2. The Kier molecular flexibility index (Phi) is 5.90. The Balaban J connectivity index is 1.86. The highest BCUT2D eigenvalue weighted by Gasteiger charge is 2.30. The predicted octanol–water partition coefficient (Wildman–Crippen LogP) is 3.89. The lowest BCUT2D eigenvalue weighted by Gasteiger charge is -2.06. The maximum atomic E-state index is 12.6. The molecular formula is C18H15F3N2O2. The molecule has 2 N–H and O–H groups in total. The second-order valence-corrected chi connectivity index (χ2v) is 4.92. The first-order valence-corrected chi connectivity index (χ1v) is 7.23. The smallest absolute Gasteiger partial charge is 0.416 e. The summed E-state index contributed by atoms with van der Waals surface area (Å²) in [5, 5.41) is 5.10. The molecule has 0 saturated carbocycles. The molecule has 0 aromatic heterocycles. The Labute approximate surface area is 143 Å². The maximum Gasteiger partial charge on any atom is 0.416 e. The quantitative estimate of drug-likeness (QED) is 0.827. The number of ether oxygens (including phenoxy) is 1. The average molecular weight is 348 g/mol. The van der Waals surface area contributed by atoms with Gasteiger partial charge in [0.25, 0.3) is 0 Å². The summed E-state index contributed by atoms with van der Waals surface area (Å²) in [6.07, 6.45) is -4.41. The molecule has 0 aliphatic rings. The van der Waals surface area contributed by atoms with Gasteiger partial charge >= 0.3 is 12.2 Å². The van der Waals surface area contributed by atoms with Gasteiger partial charge in [0.2, 0.25) is 0 Å². The minimum Gasteiger partial charge on any atom is -0.497 e. The van der Waals surface area contributed by atoms with E-state index in [0.29, 0.717) is 11.4 Å². The van der Waals surface area contributed by atoms with Crippen molar-refractivity contribution in [3.05, 3.63) is 59.7 Å². The van der Waals surface area contributed by atoms with Crippen LogP contribution in [0.15, 0.2) is 48.5 Å². The summed E-state index contributed by atoms with van der Waals surface area (Å²) in [6, 6.07) is 11.0. The lowest BCUT2D eigenvalue weighted by Crippen LogP contribution is -2.28. The van der Waals surface area contributed by atoms with E-state index in [1.807, 2.05) is 0 Å². The van der Waals surface area contributed by atoms with Crippen LogP contribution >= 0.6 is 0 Å². The third kappa shape index (κ3) is 5.77. The van der Waals surface area contributed by atoms with Gasteiger partial charge in [0.05, 0.1) is 19.2 Å². The van der Waals surface area contributed by atoms with Gasteiger partial charge in [0, 0.05) is 11.3 Å². The van der Waals surface area contributed by atoms with Gasteiger partial charge in [0.1, 0.15) is 5.75 Å². The Morgan fingerprint density at radius 1 is 1.16 bits per heavy atom. The minimum atomic E-state index is -4.41. The Morgan fingerprint density at radius 3 is 2.52 bits per heavy atom. The second-order valence-electron chi connectivity index (χ2n) is 4.92. The number of halogens is 3. The number of carbonyl (C=O) groups is 1. The molecule has 0 unspecified atom stereocenters. The lowest BCUT2D eigenvalue weighted by molar-refractivity contribution is -0.137. The molecule has 4 nitrogen and oxygen atoms in total. The van der Waals surface area contributed by atoms with Gasteiger partial charge < -0.3 is 15.4 Å². The summed E-state index contributed by atoms with van der Waals surface area (Å²) >= 11 is 0. The number of nitrogens with one attached hydrogen (secondary N) is 2. The van der Waals surface area contributed by atoms with Crippen molar-refractivity contribution < 1.29 is 22.7 Å². The number of hydrogen-bond donors (Lipinski definition) is 2. The van der Waals surface area contributed by atoms with Crippen molar-refractivity contribution >= 4 is 11.7 Å². The van der Waals surface area contributed by atoms with Crippen molar-refractivity contribution in [3.63, 3.8) is 0 Å². The molecule has 0 saturated heterocycles. The number of urea groups is 1. The first-order valence-electron chi connectivity index (χ1n) is 7.23. The van der Waals surface area contributed by atoms with Crippen LogP contribution in [0.5, 0.6) is 5.75 Å². The number of methoxy groups -OCH3 is 1. The molecule has 0 spiro atoms. The van der Waals surface area contributed by atoms with Gasteiger partial charge in [-0.1, -0.05) is 17.9 Å². The Bertz CT molecular complexity index is 790. The zero-order valence-corrected chi connectivity index (χ0v) is 13.3. The number of anilines is 1. The van der Waals surface area contributed by atoms with Crippen LogP contribution in [-0.4, -0.2) is 19.7 Å². The van der Waals surface area contributed by atoms with Crippen molar-refractivity contribution in [1.29, 1.82) is 0 Å². The van der Waals surface area contributed by atoms with E-state index in [2.05, 4.69) is 22.5 Å². The number of hydrogen-bond acceptors (Lipinski definition) is 2. The van der Waals surface area contributed by atoms with E-state index in [1.54, 1.807) is 24.3 Å². The maximum absolute atomic E-state index is 12.6. The van der Waals surface area contributed by atoms with Crippen LogP contribution in [0.25, 0.3) is 0 Å². The van der Waals surface area contributed by atoms with E-state index in [-0.39, 0.29) is 12.1 Å². The highest BCUT2D eigenvalue weighted by molar-refractivity contribution is 5.89. The summed E-state index contributed by atoms with van der Waals surface area (Å²) in [6.45, 7) is -0.00175. The Morgan fingerprint density at radius 2 is 1.88 bits per heavy atom. The predicted molar refractivity (Wildman–Crippen MR) is 88.3 cm³/mol. The average Bonchev–Trinajstić information content (AvgIpc) is 2.59. The zero-order chi connectivity index (χ0) is 18.3. The van der Waals surface area contributed by atoms with E-state index in [9.17, 15) is 18.0 Å². The molecule has 0 aliphatic heterocycles. The van der Waals surface area contributed by atoms with Gasteiger partial charge in [-0.2, -0.15) is 13.2 Å². The van der Waals surface area contributed by atoms with Crippen LogP contribution in [0, 0.1) is 11.8 Å². The SMILES string of the molecule is COc1ccc(NC(=O)NCC#Cc2cccc(C(F)(F)F)c2)cc1. The van der Waals surface area contributed by atoms with Gasteiger partial charge in [-0.05, 0) is 42.5 Å². The number of benzene rings is 2. The highest BCUT2D eigenvalue weighted by atomic mass is 19.4. The first-order chi connectivity index (χ1) is 11.9. The van der Waals surface area contributed by atoms with Gasteiger partial charge in [0.15, 0.2) is 0 Å². The summed E-state index contributed by atoms with van der Waals surface area (Å²) < 4.78 is 42.8. The van der Waals surface area contributed by atoms with E-state index >= 15 is 0 Å². The third-order valence-electron chi connectivity index (χ3n) is 3.11. The van der Waals surface area contributed by atoms with Crippen molar-refractivity contribution in [2.75, 3.05) is 19.0 Å². The van der Waals surface area contributed by atoms with Gasteiger partial charge in [-0.15, -0.1) is 0 Å². The van der Waals surface area contributed by atoms with Crippen LogP contribution in [0.4, 0.5) is 23.7 Å². The summed E-state index contributed by atoms with van der Waals surface area (Å²) in [7, 11) is 1.54. The van der Waals surface area contributed by atoms with Crippen LogP contribution in [0.2, 0.25) is 0 Å². The van der Waals surface area contributed by atoms with Gasteiger partial charge in [-0.25, -0.2) is 4.79 Å². The number of alkyl halides is 3. The molecule has 2 amide bonds. The third-order valence-corrected chi connectivity index (χ3v) is 3.11. The number of amides is 2. The van der Waals surface area contributed by atoms with E-state index < -0.39 is 17.8 Å². The van der Waals surface area contributed by atoms with Gasteiger partial charge in [-0.3, -0.25) is 0 Å². The Hall–Kier alpha value is -3.14. The summed E-state index contributed by atoms with van der Waals surface area (Å²) in [5.74, 6) is 5.85. The fourth-order valence-electron chi connectivity index (χ4n) is 1.89. The topological polar surface area (TPSA) is 50.4 Å². The van der Waals surface area contributed by atoms with Crippen molar-refractivity contribution in [2.45, 2.75) is 6.18 Å². The standard InChI is InChI=1S/C18H15F3N2O2/c1-25-16-9-7-15(8-10-16)23-17(24)22-11-3-5-13-4-2-6-14(12-13)18(19,20)21/h2,4,6-10,12H,11H2,1H3,(H2,22,23,24). The molecule has 0 bridgehead atoms. The van der Waals surface area contributed by atoms with Crippen LogP contribution < -0.4 is 15.4 Å². The number of rotatable bonds is 3. The molecule has 2 aromatic rings. The van der Waals surface area contributed by atoms with Crippen molar-refractivity contribution in [2.24, 2.45) is 0 Å². The number of carbonyl (C=O) groups excluding carboxylic acids is 1. The molecule has 0 atom stereocenters. The van der Waals surface area contributed by atoms with Crippen LogP contribution in [-0.2, 0) is 6.18 Å². The van der Waals surface area contributed by atoms with Crippen LogP contribution in [0.3, 0.4) is 0 Å². The largest absolute Gasteiger partial charge is 0.497 e. The van der Waals surface area contributed by atoms with E-state index in [1.165, 1.54) is 19.2 Å². The van der Waals surface area contributed by atoms with Crippen LogP contribution in [0.1, 0.15) is 11.1 Å². The van der Waals surface area contributed by atoms with Crippen molar-refractivity contribution in [1.82, 2.24) is 5.32 Å². The summed E-state index contributed by atoms with van der Waals surface area (Å²) in [4.78, 5) is 11.7. The lowest BCUT2D eigenvalue weighted by atomic mass is 10.1. The fraction of sp³-hybridized carbons (Fsp3) is 0.167. The second kappa shape index (κ2) is 8.11. The molecule has 130 valence electrons. The zero-order valence-electron chi connectivity index (χ0n) is 13.3. The van der Waals surface area contributed by atoms with Crippen molar-refractivity contribution in [3.8, 4) is 17.6 Å². The molecule has 25 heavy (non-hydrogen) atoms. The molecule has 0 heterocycles. The van der Waals surface area contributed by atoms with E-state index in [4.69, 9.17) is 4.74 Å².